The van der Waals surface area contributed by atoms with Crippen LogP contribution in [0.5, 0.6) is 0 Å². The first kappa shape index (κ1) is 41.2. The third-order valence-corrected chi connectivity index (χ3v) is 17.7. The lowest BCUT2D eigenvalue weighted by Crippen LogP contribution is -2.62. The zero-order chi connectivity index (χ0) is 46.7. The Morgan fingerprint density at radius 3 is 1.60 bits per heavy atom. The number of hydrogen-bond acceptors (Lipinski definition) is 3. The van der Waals surface area contributed by atoms with Crippen LogP contribution in [0.1, 0.15) is 146 Å². The fourth-order valence-corrected chi connectivity index (χ4v) is 15.1. The van der Waals surface area contributed by atoms with Crippen LogP contribution in [-0.4, -0.2) is 6.71 Å². The number of anilines is 6. The number of para-hydroxylation sites is 2. The molecular weight excluding hydrogens is 812 g/mol. The summed E-state index contributed by atoms with van der Waals surface area (Å²) in [7, 11) is 0. The summed E-state index contributed by atoms with van der Waals surface area (Å²) < 4.78 is 6.99. The fraction of sp³-hybridized carbons (Fsp3) is 0.333. The maximum Gasteiger partial charge on any atom is 0.252 e. The van der Waals surface area contributed by atoms with Crippen LogP contribution in [0.4, 0.5) is 34.1 Å². The Morgan fingerprint density at radius 1 is 0.418 bits per heavy atom. The zero-order valence-electron chi connectivity index (χ0n) is 41.8. The van der Waals surface area contributed by atoms with Crippen LogP contribution in [0.15, 0.2) is 126 Å². The minimum absolute atomic E-state index is 0.00558. The molecule has 0 N–H and O–H groups in total. The zero-order valence-corrected chi connectivity index (χ0v) is 41.8. The molecular formula is C63H63BN2O. The van der Waals surface area contributed by atoms with E-state index in [4.69, 9.17) is 4.42 Å². The lowest BCUT2D eigenvalue weighted by Gasteiger charge is -2.48. The average Bonchev–Trinajstić information content (AvgIpc) is 3.81. The van der Waals surface area contributed by atoms with E-state index in [-0.39, 0.29) is 39.2 Å². The molecule has 7 aromatic carbocycles. The summed E-state index contributed by atoms with van der Waals surface area (Å²) in [5.74, 6) is 0. The van der Waals surface area contributed by atoms with Gasteiger partial charge in [-0.25, -0.2) is 0 Å². The molecule has 1 aromatic heterocycles. The second-order valence-electron chi connectivity index (χ2n) is 24.9. The highest BCUT2D eigenvalue weighted by Crippen LogP contribution is 2.57. The van der Waals surface area contributed by atoms with E-state index in [1.807, 2.05) is 0 Å². The van der Waals surface area contributed by atoms with Gasteiger partial charge in [-0.05, 0) is 156 Å². The first-order valence-electron chi connectivity index (χ1n) is 24.9. The molecule has 67 heavy (non-hydrogen) atoms. The number of furan rings is 1. The quantitative estimate of drug-likeness (QED) is 0.161. The van der Waals surface area contributed by atoms with Gasteiger partial charge in [-0.3, -0.25) is 0 Å². The molecule has 0 fully saturated rings. The van der Waals surface area contributed by atoms with Crippen molar-refractivity contribution in [1.82, 2.24) is 0 Å². The lowest BCUT2D eigenvalue weighted by molar-refractivity contribution is 0.403. The van der Waals surface area contributed by atoms with Crippen LogP contribution in [0.25, 0.3) is 21.9 Å². The minimum Gasteiger partial charge on any atom is -0.454 e. The molecule has 0 saturated heterocycles. The average molecular weight is 875 g/mol. The van der Waals surface area contributed by atoms with E-state index >= 15 is 0 Å². The number of hydrogen-bond donors (Lipinski definition) is 0. The summed E-state index contributed by atoms with van der Waals surface area (Å²) in [4.78, 5) is 5.28. The molecule has 0 unspecified atom stereocenters. The molecule has 0 atom stereocenters. The summed E-state index contributed by atoms with van der Waals surface area (Å²) >= 11 is 0. The Morgan fingerprint density at radius 2 is 0.925 bits per heavy atom. The van der Waals surface area contributed by atoms with Gasteiger partial charge in [0.1, 0.15) is 5.58 Å². The van der Waals surface area contributed by atoms with E-state index in [0.29, 0.717) is 0 Å². The Hall–Kier alpha value is -6.00. The van der Waals surface area contributed by atoms with Gasteiger partial charge in [0, 0.05) is 50.0 Å². The van der Waals surface area contributed by atoms with Crippen molar-refractivity contribution in [1.29, 1.82) is 0 Å². The molecule has 8 aromatic rings. The second kappa shape index (κ2) is 12.8. The van der Waals surface area contributed by atoms with Crippen LogP contribution in [0.3, 0.4) is 0 Å². The van der Waals surface area contributed by atoms with Crippen molar-refractivity contribution in [2.45, 2.75) is 135 Å². The molecule has 5 aliphatic rings. The van der Waals surface area contributed by atoms with E-state index in [2.05, 4.69) is 221 Å². The van der Waals surface area contributed by atoms with Crippen molar-refractivity contribution in [3.8, 4) is 0 Å². The molecule has 334 valence electrons. The molecule has 3 aliphatic carbocycles. The van der Waals surface area contributed by atoms with E-state index in [1.54, 1.807) is 0 Å². The molecule has 0 spiro atoms. The number of benzene rings is 7. The third kappa shape index (κ3) is 5.31. The fourth-order valence-electron chi connectivity index (χ4n) is 15.1. The SMILES string of the molecule is Cc1cc2c3c(c1)N(c1cccc4c1oc1ccccc14)c1cc4c(cc1B3c1cc3c(cc1N2c1ccc2c(c1)C(C)(C)CC2(C)C)C(C)(C)CC3(C)C)C(C)(C)c1ccccc1C4(C)C. The van der Waals surface area contributed by atoms with Gasteiger partial charge >= 0.3 is 0 Å². The number of nitrogens with zero attached hydrogens (tertiary/aromatic N) is 2. The van der Waals surface area contributed by atoms with Gasteiger partial charge in [-0.15, -0.1) is 0 Å². The highest BCUT2D eigenvalue weighted by molar-refractivity contribution is 7.00. The van der Waals surface area contributed by atoms with Gasteiger partial charge in [-0.2, -0.15) is 0 Å². The summed E-state index contributed by atoms with van der Waals surface area (Å²) in [6, 6.07) is 47.5. The molecule has 0 saturated carbocycles. The summed E-state index contributed by atoms with van der Waals surface area (Å²) in [6.45, 7) is 31.7. The van der Waals surface area contributed by atoms with E-state index in [9.17, 15) is 0 Å². The molecule has 2 aliphatic heterocycles. The van der Waals surface area contributed by atoms with Crippen molar-refractivity contribution < 1.29 is 4.42 Å². The number of fused-ring (bicyclic) bond motifs is 11. The first-order chi connectivity index (χ1) is 31.6. The van der Waals surface area contributed by atoms with E-state index in [0.717, 1.165) is 40.5 Å². The van der Waals surface area contributed by atoms with Gasteiger partial charge in [-0.1, -0.05) is 156 Å². The molecule has 13 rings (SSSR count). The van der Waals surface area contributed by atoms with Gasteiger partial charge < -0.3 is 14.2 Å². The smallest absolute Gasteiger partial charge is 0.252 e. The van der Waals surface area contributed by atoms with Crippen LogP contribution in [0, 0.1) is 6.92 Å². The Balaban J connectivity index is 1.18. The van der Waals surface area contributed by atoms with Crippen LogP contribution in [-0.2, 0) is 32.5 Å². The molecule has 0 amide bonds. The molecule has 4 heteroatoms. The summed E-state index contributed by atoms with van der Waals surface area (Å²) in [5, 5.41) is 2.29. The summed E-state index contributed by atoms with van der Waals surface area (Å²) in [6.07, 6.45) is 2.25. The topological polar surface area (TPSA) is 19.6 Å². The second-order valence-corrected chi connectivity index (χ2v) is 24.9. The lowest BCUT2D eigenvalue weighted by atomic mass is 9.32. The van der Waals surface area contributed by atoms with Gasteiger partial charge in [0.25, 0.3) is 6.71 Å². The Labute approximate surface area is 398 Å². The first-order valence-corrected chi connectivity index (χ1v) is 24.9. The number of aryl methyl sites for hydroxylation is 1. The van der Waals surface area contributed by atoms with Crippen molar-refractivity contribution in [2.75, 3.05) is 9.80 Å². The minimum atomic E-state index is -0.223. The molecule has 0 bridgehead atoms. The molecule has 3 heterocycles. The molecule has 3 nitrogen and oxygen atoms in total. The van der Waals surface area contributed by atoms with Gasteiger partial charge in [0.2, 0.25) is 0 Å². The maximum atomic E-state index is 6.99. The van der Waals surface area contributed by atoms with Crippen LogP contribution >= 0.6 is 0 Å². The predicted molar refractivity (Wildman–Crippen MR) is 285 cm³/mol. The van der Waals surface area contributed by atoms with Crippen molar-refractivity contribution in [3.05, 3.63) is 171 Å². The highest BCUT2D eigenvalue weighted by atomic mass is 16.3. The standard InChI is InChI=1S/C63H63BN2O/c1-36-27-53-56-54(28-36)66(50-23-18-20-39-38-19-14-17-24-55(38)67-57(39)50)52-33-47-46(62(10,11)41-21-15-16-22-42(41)63(47,12)13)31-49(52)64(56)48-30-44-45(61(8,9)35-60(44,6)7)32-51(48)65(53)37-25-26-40-43(29-37)59(4,5)34-58(40,2)3/h14-33H,34-35H2,1-13H3. The highest BCUT2D eigenvalue weighted by Gasteiger charge is 2.51. The predicted octanol–water partition coefficient (Wildman–Crippen LogP) is 14.9. The molecule has 0 radical (unpaired) electrons. The monoisotopic (exact) mass is 875 g/mol. The van der Waals surface area contributed by atoms with Crippen LogP contribution < -0.4 is 26.2 Å². The van der Waals surface area contributed by atoms with Crippen LogP contribution in [0.2, 0.25) is 0 Å². The Bertz CT molecular complexity index is 3520. The number of rotatable bonds is 2. The third-order valence-electron chi connectivity index (χ3n) is 17.7. The van der Waals surface area contributed by atoms with Gasteiger partial charge in [0.05, 0.1) is 5.69 Å². The van der Waals surface area contributed by atoms with Crippen molar-refractivity contribution >= 4 is 79.2 Å². The van der Waals surface area contributed by atoms with Crippen molar-refractivity contribution in [2.24, 2.45) is 0 Å². The largest absolute Gasteiger partial charge is 0.454 e. The van der Waals surface area contributed by atoms with Gasteiger partial charge in [0.15, 0.2) is 5.58 Å². The summed E-state index contributed by atoms with van der Waals surface area (Å²) in [5.41, 5.74) is 26.0. The Kier molecular flexibility index (Phi) is 7.84. The van der Waals surface area contributed by atoms with E-state index < -0.39 is 0 Å². The normalized spacial score (nSPS) is 19.9. The maximum absolute atomic E-state index is 6.99. The van der Waals surface area contributed by atoms with E-state index in [1.165, 1.54) is 94.9 Å². The van der Waals surface area contributed by atoms with Crippen molar-refractivity contribution in [3.63, 3.8) is 0 Å².